The Hall–Kier alpha value is 1.85. The Morgan fingerprint density at radius 3 is 0.903 bits per heavy atom. The first-order chi connectivity index (χ1) is 13.0. The Bertz CT molecular complexity index is 504. The van der Waals surface area contributed by atoms with Gasteiger partial charge in [0.05, 0.1) is 0 Å². The number of nitrogens with zero attached hydrogens (tertiary/aromatic N) is 2. The maximum absolute atomic E-state index is 4.87. The van der Waals surface area contributed by atoms with Gasteiger partial charge in [-0.15, -0.1) is 11.1 Å². The molecule has 0 radical (unpaired) electrons. The molecule has 0 unspecified atom stereocenters. The van der Waals surface area contributed by atoms with Crippen LogP contribution >= 0.6 is 15.8 Å². The van der Waals surface area contributed by atoms with Crippen molar-refractivity contribution >= 4 is 60.7 Å². The van der Waals surface area contributed by atoms with Crippen molar-refractivity contribution < 1.29 is 8.73 Å². The smallest absolute Gasteiger partial charge is 0.551 e. The van der Waals surface area contributed by atoms with Crippen molar-refractivity contribution in [3.05, 3.63) is 9.44 Å². The van der Waals surface area contributed by atoms with E-state index in [9.17, 15) is 0 Å². The summed E-state index contributed by atoms with van der Waals surface area (Å²) in [6.07, 6.45) is 0. The standard InChI is InChI=1S/2C11H26N2PS.Mg/c2*1-10(2,3)12-15(9-14(7)8)13-11(4,5)6;/h2*9H2,1-8H3;/q2*-1;+2/p+2. The SMILES string of the molecule is CP(C)C[S@@]([N-]C(C)(C)C)=[NH+]C(C)(C)C.CP(C)C[S@]([N-]C(C)(C)C)=[NH+]C(C)(C)C.[Mg+2]. The van der Waals surface area contributed by atoms with Crippen LogP contribution in [0, 0.1) is 0 Å². The van der Waals surface area contributed by atoms with E-state index in [1.807, 2.05) is 0 Å². The number of hydrogen-bond donors (Lipinski definition) is 2. The van der Waals surface area contributed by atoms with Gasteiger partial charge >= 0.3 is 23.1 Å². The predicted octanol–water partition coefficient (Wildman–Crippen LogP) is 4.53. The van der Waals surface area contributed by atoms with E-state index in [1.165, 1.54) is 11.0 Å². The van der Waals surface area contributed by atoms with Gasteiger partial charge in [0, 0.05) is 52.5 Å². The Kier molecular flexibility index (Phi) is 19.0. The molecule has 0 aliphatic carbocycles. The Balaban J connectivity index is -0.000000490. The van der Waals surface area contributed by atoms with E-state index < -0.39 is 0 Å². The molecule has 0 saturated carbocycles. The zero-order valence-corrected chi connectivity index (χ0v) is 28.6. The molecule has 0 saturated heterocycles. The summed E-state index contributed by atoms with van der Waals surface area (Å²) < 4.78 is 17.0. The first-order valence-corrected chi connectivity index (χ1v) is 18.3. The van der Waals surface area contributed by atoms with E-state index in [1.54, 1.807) is 0 Å². The van der Waals surface area contributed by atoms with Crippen LogP contribution in [0.25, 0.3) is 9.44 Å². The summed E-state index contributed by atoms with van der Waals surface area (Å²) in [5.41, 5.74) is 2.83. The fourth-order valence-corrected chi connectivity index (χ4v) is 9.74. The van der Waals surface area contributed by atoms with Crippen LogP contribution in [0.4, 0.5) is 0 Å². The summed E-state index contributed by atoms with van der Waals surface area (Å²) in [6, 6.07) is 0. The molecule has 0 heterocycles. The molecule has 0 aromatic rings. The van der Waals surface area contributed by atoms with Gasteiger partial charge in [-0.2, -0.15) is 0 Å². The third kappa shape index (κ3) is 31.8. The van der Waals surface area contributed by atoms with Crippen LogP contribution in [-0.4, -0.2) is 82.9 Å². The van der Waals surface area contributed by atoms with E-state index in [0.29, 0.717) is 0 Å². The molecule has 9 heteroatoms. The van der Waals surface area contributed by atoms with Crippen LogP contribution in [0.5, 0.6) is 0 Å². The Morgan fingerprint density at radius 1 is 0.548 bits per heavy atom. The number of rotatable bonds is 6. The maximum atomic E-state index is 4.87. The Morgan fingerprint density at radius 2 is 0.774 bits per heavy atom. The predicted molar refractivity (Wildman–Crippen MR) is 155 cm³/mol. The van der Waals surface area contributed by atoms with Crippen molar-refractivity contribution in [3.8, 4) is 0 Å². The topological polar surface area (TPSA) is 56.1 Å². The molecule has 0 aromatic heterocycles. The first kappa shape index (κ1) is 37.4. The minimum atomic E-state index is 0. The van der Waals surface area contributed by atoms with Gasteiger partial charge in [-0.05, 0) is 26.7 Å². The van der Waals surface area contributed by atoms with Crippen molar-refractivity contribution in [2.75, 3.05) is 37.6 Å². The van der Waals surface area contributed by atoms with Crippen molar-refractivity contribution in [1.82, 2.24) is 0 Å². The normalized spacial score (nSPS) is 15.5. The third-order valence-corrected chi connectivity index (χ3v) is 11.7. The van der Waals surface area contributed by atoms with Gasteiger partial charge in [-0.3, -0.25) is 0 Å². The van der Waals surface area contributed by atoms with Gasteiger partial charge < -0.3 is 9.44 Å². The Labute approximate surface area is 220 Å². The second-order valence-electron chi connectivity index (χ2n) is 12.4. The van der Waals surface area contributed by atoms with Gasteiger partial charge in [0.2, 0.25) is 0 Å². The molecule has 184 valence electrons. The summed E-state index contributed by atoms with van der Waals surface area (Å²) in [6.45, 7) is 35.5. The van der Waals surface area contributed by atoms with Gasteiger partial charge in [0.15, 0.2) is 11.1 Å². The van der Waals surface area contributed by atoms with Crippen LogP contribution in [0.3, 0.4) is 0 Å². The molecule has 2 N–H and O–H groups in total. The minimum absolute atomic E-state index is 0. The van der Waals surface area contributed by atoms with Crippen LogP contribution < -0.4 is 8.73 Å². The maximum Gasteiger partial charge on any atom is 2.00 e. The number of nitrogens with one attached hydrogen (secondary N) is 2. The monoisotopic (exact) mass is 524 g/mol. The largest absolute Gasteiger partial charge is 2.00 e. The summed E-state index contributed by atoms with van der Waals surface area (Å²) in [7, 11) is 0.241. The van der Waals surface area contributed by atoms with Gasteiger partial charge in [-0.1, -0.05) is 79.1 Å². The van der Waals surface area contributed by atoms with Crippen molar-refractivity contribution in [2.24, 2.45) is 0 Å². The zero-order valence-electron chi connectivity index (χ0n) is 23.7. The molecule has 0 fully saturated rings. The molecule has 4 nitrogen and oxygen atoms in total. The first-order valence-electron chi connectivity index (χ1n) is 10.7. The quantitative estimate of drug-likeness (QED) is 0.379. The molecular weight excluding hydrogens is 471 g/mol. The van der Waals surface area contributed by atoms with Crippen LogP contribution in [0.15, 0.2) is 0 Å². The fourth-order valence-electron chi connectivity index (χ4n) is 2.03. The van der Waals surface area contributed by atoms with E-state index in [-0.39, 0.29) is 82.8 Å². The van der Waals surface area contributed by atoms with Crippen molar-refractivity contribution in [2.45, 2.75) is 105 Å². The van der Waals surface area contributed by atoms with E-state index in [0.717, 1.165) is 0 Å². The van der Waals surface area contributed by atoms with E-state index >= 15 is 0 Å². The second-order valence-corrected chi connectivity index (χ2v) is 21.0. The van der Waals surface area contributed by atoms with Crippen LogP contribution in [-0.2, 0) is 21.8 Å². The molecule has 0 amide bonds. The number of hydrogen-bond acceptors (Lipinski definition) is 0. The summed E-state index contributed by atoms with van der Waals surface area (Å²) in [4.78, 5) is 0. The van der Waals surface area contributed by atoms with Gasteiger partial charge in [-0.25, -0.2) is 8.73 Å². The van der Waals surface area contributed by atoms with Gasteiger partial charge in [0.1, 0.15) is 0 Å². The van der Waals surface area contributed by atoms with E-state index in [2.05, 4.69) is 118 Å². The molecule has 0 aliphatic rings. The van der Waals surface area contributed by atoms with Crippen molar-refractivity contribution in [1.29, 1.82) is 0 Å². The molecule has 0 spiro atoms. The van der Waals surface area contributed by atoms with E-state index in [4.69, 9.17) is 9.44 Å². The van der Waals surface area contributed by atoms with Crippen molar-refractivity contribution in [3.63, 3.8) is 0 Å². The molecule has 0 aliphatic heterocycles. The molecule has 0 rings (SSSR count). The summed E-state index contributed by atoms with van der Waals surface area (Å²) >= 11 is 0. The molecule has 0 aromatic carbocycles. The van der Waals surface area contributed by atoms with Crippen LogP contribution in [0.1, 0.15) is 83.1 Å². The second kappa shape index (κ2) is 15.8. The fraction of sp³-hybridized carbons (Fsp3) is 1.00. The molecular formula is C22H54MgN4P2S2+2. The summed E-state index contributed by atoms with van der Waals surface area (Å²) in [5.74, 6) is 0. The molecule has 0 bridgehead atoms. The van der Waals surface area contributed by atoms with Crippen LogP contribution in [0.2, 0.25) is 0 Å². The zero-order chi connectivity index (χ0) is 24.6. The third-order valence-electron chi connectivity index (χ3n) is 2.38. The minimum Gasteiger partial charge on any atom is -0.551 e. The van der Waals surface area contributed by atoms with Gasteiger partial charge in [0.25, 0.3) is 0 Å². The molecule has 31 heavy (non-hydrogen) atoms. The summed E-state index contributed by atoms with van der Waals surface area (Å²) in [5, 5.41) is 0. The average molecular weight is 525 g/mol. The molecule has 2 atom stereocenters. The average Bonchev–Trinajstić information content (AvgIpc) is 2.27.